The number of aromatic amines is 1. The molecule has 3 N–H and O–H groups in total. The summed E-state index contributed by atoms with van der Waals surface area (Å²) in [5, 5.41) is 14.9. The molecular weight excluding hydrogens is 410 g/mol. The molecular formula is C23H29N5O4. The topological polar surface area (TPSA) is 123 Å². The van der Waals surface area contributed by atoms with Crippen LogP contribution >= 0.6 is 0 Å². The molecule has 2 aliphatic heterocycles. The third kappa shape index (κ3) is 5.42. The number of anilines is 1. The summed E-state index contributed by atoms with van der Waals surface area (Å²) < 4.78 is 0. The van der Waals surface area contributed by atoms with E-state index >= 15 is 0 Å². The van der Waals surface area contributed by atoms with Crippen LogP contribution in [0.4, 0.5) is 5.82 Å². The minimum absolute atomic E-state index is 0.250. The molecule has 2 aliphatic rings. The first-order valence-electron chi connectivity index (χ1n) is 10.7. The minimum Gasteiger partial charge on any atom is -0.483 e. The summed E-state index contributed by atoms with van der Waals surface area (Å²) in [6.07, 6.45) is 8.55. The lowest BCUT2D eigenvalue weighted by Crippen LogP contribution is -2.37. The lowest BCUT2D eigenvalue weighted by atomic mass is 10.1. The zero-order valence-corrected chi connectivity index (χ0v) is 17.9. The van der Waals surface area contributed by atoms with Gasteiger partial charge in [-0.2, -0.15) is 0 Å². The van der Waals surface area contributed by atoms with Crippen LogP contribution in [0.3, 0.4) is 0 Å². The second-order valence-corrected chi connectivity index (χ2v) is 7.68. The van der Waals surface area contributed by atoms with Crippen molar-refractivity contribution in [1.82, 2.24) is 19.9 Å². The van der Waals surface area contributed by atoms with Crippen LogP contribution in [0, 0.1) is 0 Å². The Balaban J connectivity index is 0.000000437. The zero-order valence-electron chi connectivity index (χ0n) is 17.9. The molecule has 9 nitrogen and oxygen atoms in total. The van der Waals surface area contributed by atoms with Gasteiger partial charge in [0.25, 0.3) is 12.9 Å². The van der Waals surface area contributed by atoms with Crippen LogP contribution in [0.25, 0.3) is 11.0 Å². The van der Waals surface area contributed by atoms with E-state index in [4.69, 9.17) is 19.8 Å². The fourth-order valence-corrected chi connectivity index (χ4v) is 4.83. The molecule has 0 bridgehead atoms. The molecule has 1 aromatic carbocycles. The smallest absolute Gasteiger partial charge is 0.290 e. The fourth-order valence-electron chi connectivity index (χ4n) is 4.83. The molecule has 0 spiro atoms. The first-order chi connectivity index (χ1) is 15.7. The van der Waals surface area contributed by atoms with Gasteiger partial charge >= 0.3 is 0 Å². The van der Waals surface area contributed by atoms with E-state index in [1.54, 1.807) is 6.33 Å². The van der Waals surface area contributed by atoms with E-state index in [0.717, 1.165) is 23.4 Å². The van der Waals surface area contributed by atoms with Crippen molar-refractivity contribution in [2.45, 2.75) is 37.8 Å². The number of aromatic nitrogens is 3. The summed E-state index contributed by atoms with van der Waals surface area (Å²) in [4.78, 5) is 34.1. The number of rotatable bonds is 5. The summed E-state index contributed by atoms with van der Waals surface area (Å²) in [6.45, 7) is 3.01. The molecule has 170 valence electrons. The highest BCUT2D eigenvalue weighted by Gasteiger charge is 2.43. The summed E-state index contributed by atoms with van der Waals surface area (Å²) in [5.74, 6) is 1.11. The van der Waals surface area contributed by atoms with Gasteiger partial charge in [0.2, 0.25) is 0 Å². The quantitative estimate of drug-likeness (QED) is 0.519. The van der Waals surface area contributed by atoms with Gasteiger partial charge in [-0.3, -0.25) is 14.5 Å². The van der Waals surface area contributed by atoms with Crippen molar-refractivity contribution in [2.75, 3.05) is 24.5 Å². The van der Waals surface area contributed by atoms with Gasteiger partial charge in [0.15, 0.2) is 0 Å². The van der Waals surface area contributed by atoms with Crippen LogP contribution in [0.2, 0.25) is 0 Å². The Labute approximate surface area is 186 Å². The standard InChI is InChI=1S/C21H25N5.2CH2O2/c1-2-5-16(6-3-1)7-4-12-25-13-9-19-18(25)10-14-26(19)21-17-8-11-22-20(17)23-15-24-21;2*2-1-3/h1-3,5-6,8,11,15,18-19H,4,7,9-10,12-14H2,(H,22,23,24);2*1H,(H,2,3)/t18-,19-;;/m0../s1. The average Bonchev–Trinajstić information content (AvgIpc) is 3.53. The van der Waals surface area contributed by atoms with Crippen LogP contribution in [0.5, 0.6) is 0 Å². The van der Waals surface area contributed by atoms with E-state index < -0.39 is 0 Å². The number of carboxylic acid groups (broad SMARTS) is 2. The first kappa shape index (κ1) is 23.2. The molecule has 3 aromatic rings. The highest BCUT2D eigenvalue weighted by Crippen LogP contribution is 2.36. The molecule has 32 heavy (non-hydrogen) atoms. The lowest BCUT2D eigenvalue weighted by Gasteiger charge is -2.26. The third-order valence-electron chi connectivity index (χ3n) is 6.05. The van der Waals surface area contributed by atoms with E-state index in [-0.39, 0.29) is 12.9 Å². The Morgan fingerprint density at radius 2 is 1.72 bits per heavy atom. The number of fused-ring (bicyclic) bond motifs is 2. The molecule has 0 amide bonds. The van der Waals surface area contributed by atoms with E-state index in [1.165, 1.54) is 44.3 Å². The number of hydrogen-bond donors (Lipinski definition) is 3. The first-order valence-corrected chi connectivity index (χ1v) is 10.7. The number of carbonyl (C=O) groups is 2. The monoisotopic (exact) mass is 439 g/mol. The highest BCUT2D eigenvalue weighted by molar-refractivity contribution is 5.87. The largest absolute Gasteiger partial charge is 0.483 e. The number of nitrogens with one attached hydrogen (secondary N) is 1. The van der Waals surface area contributed by atoms with Gasteiger partial charge in [0.1, 0.15) is 17.8 Å². The molecule has 0 aliphatic carbocycles. The van der Waals surface area contributed by atoms with Crippen molar-refractivity contribution >= 4 is 29.8 Å². The normalized spacial score (nSPS) is 19.4. The van der Waals surface area contributed by atoms with Crippen molar-refractivity contribution in [1.29, 1.82) is 0 Å². The molecule has 2 aromatic heterocycles. The fraction of sp³-hybridized carbons (Fsp3) is 0.391. The summed E-state index contributed by atoms with van der Waals surface area (Å²) in [6, 6.07) is 14.2. The molecule has 5 rings (SSSR count). The number of benzene rings is 1. The molecule has 9 heteroatoms. The predicted molar refractivity (Wildman–Crippen MR) is 122 cm³/mol. The van der Waals surface area contributed by atoms with E-state index in [0.29, 0.717) is 12.1 Å². The van der Waals surface area contributed by atoms with Crippen molar-refractivity contribution in [3.63, 3.8) is 0 Å². The number of nitrogens with zero attached hydrogens (tertiary/aromatic N) is 4. The van der Waals surface area contributed by atoms with Gasteiger partial charge in [-0.05, 0) is 43.9 Å². The van der Waals surface area contributed by atoms with Gasteiger partial charge in [0.05, 0.1) is 5.39 Å². The van der Waals surface area contributed by atoms with Crippen molar-refractivity contribution in [3.8, 4) is 0 Å². The lowest BCUT2D eigenvalue weighted by molar-refractivity contribution is -0.123. The second-order valence-electron chi connectivity index (χ2n) is 7.68. The van der Waals surface area contributed by atoms with Crippen LogP contribution in [0.15, 0.2) is 48.9 Å². The van der Waals surface area contributed by atoms with E-state index in [9.17, 15) is 0 Å². The second kappa shape index (κ2) is 11.8. The average molecular weight is 440 g/mol. The Morgan fingerprint density at radius 1 is 1.00 bits per heavy atom. The third-order valence-corrected chi connectivity index (χ3v) is 6.05. The number of H-pyrrole nitrogens is 1. The molecule has 0 radical (unpaired) electrons. The van der Waals surface area contributed by atoms with Crippen molar-refractivity contribution in [3.05, 3.63) is 54.5 Å². The van der Waals surface area contributed by atoms with E-state index in [2.05, 4.69) is 61.1 Å². The van der Waals surface area contributed by atoms with Crippen LogP contribution < -0.4 is 4.90 Å². The van der Waals surface area contributed by atoms with Crippen molar-refractivity contribution < 1.29 is 19.8 Å². The van der Waals surface area contributed by atoms with Gasteiger partial charge in [-0.1, -0.05) is 30.3 Å². The Hall–Kier alpha value is -3.46. The van der Waals surface area contributed by atoms with Gasteiger partial charge in [-0.15, -0.1) is 0 Å². The molecule has 2 atom stereocenters. The Bertz CT molecular complexity index is 975. The maximum atomic E-state index is 8.36. The summed E-state index contributed by atoms with van der Waals surface area (Å²) in [5.41, 5.74) is 2.39. The SMILES string of the molecule is O=CO.O=CO.c1ccc(CCCN2CC[C@H]3[C@@H]2CCN3c2ncnc3[nH]ccc23)cc1. The molecule has 0 unspecified atom stereocenters. The Kier molecular flexibility index (Phi) is 8.56. The number of aryl methyl sites for hydroxylation is 1. The number of hydrogen-bond acceptors (Lipinski definition) is 6. The minimum atomic E-state index is -0.250. The van der Waals surface area contributed by atoms with Gasteiger partial charge in [-0.25, -0.2) is 9.97 Å². The van der Waals surface area contributed by atoms with Crippen LogP contribution in [-0.2, 0) is 16.0 Å². The highest BCUT2D eigenvalue weighted by atomic mass is 16.3. The summed E-state index contributed by atoms with van der Waals surface area (Å²) in [7, 11) is 0. The predicted octanol–water partition coefficient (Wildman–Crippen LogP) is 2.65. The zero-order chi connectivity index (χ0) is 22.8. The van der Waals surface area contributed by atoms with Crippen molar-refractivity contribution in [2.24, 2.45) is 0 Å². The maximum Gasteiger partial charge on any atom is 0.290 e. The van der Waals surface area contributed by atoms with Crippen LogP contribution in [-0.4, -0.2) is 74.7 Å². The molecule has 2 saturated heterocycles. The van der Waals surface area contributed by atoms with Crippen LogP contribution in [0.1, 0.15) is 24.8 Å². The molecule has 2 fully saturated rings. The molecule has 4 heterocycles. The van der Waals surface area contributed by atoms with Gasteiger partial charge in [0, 0.05) is 31.4 Å². The Morgan fingerprint density at radius 3 is 2.47 bits per heavy atom. The maximum absolute atomic E-state index is 8.36. The number of likely N-dealkylation sites (tertiary alicyclic amines) is 1. The van der Waals surface area contributed by atoms with Gasteiger partial charge < -0.3 is 20.1 Å². The summed E-state index contributed by atoms with van der Waals surface area (Å²) >= 11 is 0. The molecule has 0 saturated carbocycles. The van der Waals surface area contributed by atoms with E-state index in [1.807, 2.05) is 6.20 Å².